The number of benzene rings is 1. The third-order valence-electron chi connectivity index (χ3n) is 6.05. The maximum atomic E-state index is 13.9. The van der Waals surface area contributed by atoms with Crippen molar-refractivity contribution in [2.45, 2.75) is 25.9 Å². The fraction of sp³-hybridized carbons (Fsp3) is 0.333. The number of anilines is 2. The molecular formula is C24H23ClF2N6O5. The van der Waals surface area contributed by atoms with Crippen LogP contribution in [0, 0.1) is 18.8 Å². The summed E-state index contributed by atoms with van der Waals surface area (Å²) in [5.74, 6) is -9.14. The van der Waals surface area contributed by atoms with Crippen LogP contribution in [0.4, 0.5) is 25.1 Å². The van der Waals surface area contributed by atoms with Crippen molar-refractivity contribution in [1.82, 2.24) is 20.0 Å². The molecule has 1 aliphatic carbocycles. The van der Waals surface area contributed by atoms with Crippen LogP contribution in [0.1, 0.15) is 24.3 Å². The summed E-state index contributed by atoms with van der Waals surface area (Å²) >= 11 is 6.17. The van der Waals surface area contributed by atoms with Gasteiger partial charge in [-0.2, -0.15) is 0 Å². The van der Waals surface area contributed by atoms with E-state index in [0.29, 0.717) is 10.6 Å². The van der Waals surface area contributed by atoms with Crippen LogP contribution >= 0.6 is 11.6 Å². The molecule has 3 atom stereocenters. The van der Waals surface area contributed by atoms with E-state index < -0.39 is 41.8 Å². The number of hydrogen-bond donors (Lipinski definition) is 2. The maximum Gasteiger partial charge on any atom is 0.413 e. The van der Waals surface area contributed by atoms with E-state index in [2.05, 4.69) is 30.7 Å². The van der Waals surface area contributed by atoms with Crippen molar-refractivity contribution in [2.75, 3.05) is 17.7 Å². The first-order valence-electron chi connectivity index (χ1n) is 11.3. The number of hydrogen-bond acceptors (Lipinski definition) is 8. The van der Waals surface area contributed by atoms with Crippen molar-refractivity contribution in [1.29, 1.82) is 0 Å². The zero-order valence-electron chi connectivity index (χ0n) is 20.7. The summed E-state index contributed by atoms with van der Waals surface area (Å²) < 4.78 is 39.0. The summed E-state index contributed by atoms with van der Waals surface area (Å²) in [6.45, 7) is 3.22. The highest BCUT2D eigenvalue weighted by Gasteiger charge is 2.76. The molecule has 1 fully saturated rings. The highest BCUT2D eigenvalue weighted by molar-refractivity contribution is 6.31. The van der Waals surface area contributed by atoms with Crippen molar-refractivity contribution in [3.8, 4) is 11.4 Å². The second-order valence-corrected chi connectivity index (χ2v) is 8.98. The van der Waals surface area contributed by atoms with Crippen LogP contribution in [0.15, 0.2) is 36.4 Å². The number of carbonyl (C=O) groups excluding carboxylic acids is 3. The molecule has 14 heteroatoms. The van der Waals surface area contributed by atoms with Crippen LogP contribution in [0.25, 0.3) is 11.4 Å². The van der Waals surface area contributed by atoms with Crippen molar-refractivity contribution in [3.05, 3.63) is 52.7 Å². The molecule has 0 saturated heterocycles. The molecule has 4 rings (SSSR count). The number of aryl methyl sites for hydroxylation is 2. The number of alkyl halides is 2. The minimum Gasteiger partial charge on any atom is -0.469 e. The van der Waals surface area contributed by atoms with Gasteiger partial charge in [-0.25, -0.2) is 23.2 Å². The Kier molecular flexibility index (Phi) is 7.31. The fourth-order valence-electron chi connectivity index (χ4n) is 3.93. The Morgan fingerprint density at radius 3 is 2.50 bits per heavy atom. The van der Waals surface area contributed by atoms with Gasteiger partial charge in [0, 0.05) is 17.6 Å². The van der Waals surface area contributed by atoms with Gasteiger partial charge >= 0.3 is 12.1 Å². The van der Waals surface area contributed by atoms with Gasteiger partial charge in [-0.15, -0.1) is 5.10 Å². The van der Waals surface area contributed by atoms with Gasteiger partial charge in [-0.05, 0) is 32.0 Å². The number of pyridine rings is 1. The lowest BCUT2D eigenvalue weighted by Crippen LogP contribution is -2.19. The third-order valence-corrected chi connectivity index (χ3v) is 6.40. The number of amides is 2. The van der Waals surface area contributed by atoms with E-state index in [1.54, 1.807) is 45.2 Å². The van der Waals surface area contributed by atoms with Gasteiger partial charge in [0.25, 0.3) is 5.92 Å². The lowest BCUT2D eigenvalue weighted by molar-refractivity contribution is -0.144. The molecule has 2 amide bonds. The van der Waals surface area contributed by atoms with Gasteiger partial charge < -0.3 is 14.8 Å². The smallest absolute Gasteiger partial charge is 0.413 e. The number of nitrogens with zero attached hydrogens (tertiary/aromatic N) is 4. The Labute approximate surface area is 220 Å². The molecule has 2 unspecified atom stereocenters. The van der Waals surface area contributed by atoms with E-state index >= 15 is 0 Å². The number of ether oxygens (including phenoxy) is 2. The largest absolute Gasteiger partial charge is 0.469 e. The molecule has 0 aliphatic heterocycles. The Morgan fingerprint density at radius 1 is 1.13 bits per heavy atom. The fourth-order valence-corrected chi connectivity index (χ4v) is 4.22. The number of nitrogens with one attached hydrogen (secondary N) is 2. The van der Waals surface area contributed by atoms with Gasteiger partial charge in [0.2, 0.25) is 5.91 Å². The minimum atomic E-state index is -3.49. The van der Waals surface area contributed by atoms with E-state index in [1.165, 1.54) is 16.8 Å². The minimum absolute atomic E-state index is 0.163. The van der Waals surface area contributed by atoms with Gasteiger partial charge in [0.05, 0.1) is 24.2 Å². The second-order valence-electron chi connectivity index (χ2n) is 8.58. The molecule has 0 bridgehead atoms. The SMILES string of the molecule is COC(=O)C1C(C(=O)Nc2ccc(-c3nnn(C)c3NC(=O)O[C@H](C)c3ccccc3Cl)nc2C)C1(F)F. The van der Waals surface area contributed by atoms with Crippen LogP contribution in [0.3, 0.4) is 0 Å². The van der Waals surface area contributed by atoms with E-state index in [9.17, 15) is 23.2 Å². The van der Waals surface area contributed by atoms with Crippen molar-refractivity contribution in [3.63, 3.8) is 0 Å². The number of methoxy groups -OCH3 is 1. The summed E-state index contributed by atoms with van der Waals surface area (Å²) in [6.07, 6.45) is -1.43. The average Bonchev–Trinajstić information content (AvgIpc) is 3.28. The monoisotopic (exact) mass is 548 g/mol. The average molecular weight is 549 g/mol. The molecule has 1 saturated carbocycles. The van der Waals surface area contributed by atoms with Crippen LogP contribution in [0.2, 0.25) is 5.02 Å². The number of halogens is 3. The Hall–Kier alpha value is -4.13. The summed E-state index contributed by atoms with van der Waals surface area (Å²) in [6, 6.07) is 9.88. The molecule has 2 N–H and O–H groups in total. The molecule has 2 heterocycles. The highest BCUT2D eigenvalue weighted by Crippen LogP contribution is 2.56. The van der Waals surface area contributed by atoms with Crippen LogP contribution < -0.4 is 10.6 Å². The second kappa shape index (κ2) is 10.3. The van der Waals surface area contributed by atoms with E-state index in [4.69, 9.17) is 16.3 Å². The van der Waals surface area contributed by atoms with E-state index in [-0.39, 0.29) is 28.6 Å². The van der Waals surface area contributed by atoms with E-state index in [1.807, 2.05) is 0 Å². The molecule has 0 spiro atoms. The zero-order valence-corrected chi connectivity index (χ0v) is 21.4. The molecule has 200 valence electrons. The highest BCUT2D eigenvalue weighted by atomic mass is 35.5. The summed E-state index contributed by atoms with van der Waals surface area (Å²) in [5, 5.41) is 13.4. The topological polar surface area (TPSA) is 137 Å². The number of rotatable bonds is 7. The Morgan fingerprint density at radius 2 is 1.84 bits per heavy atom. The lowest BCUT2D eigenvalue weighted by atomic mass is 10.1. The molecule has 11 nitrogen and oxygen atoms in total. The Balaban J connectivity index is 1.47. The van der Waals surface area contributed by atoms with Gasteiger partial charge in [0.1, 0.15) is 17.9 Å². The van der Waals surface area contributed by atoms with Gasteiger partial charge in [0.15, 0.2) is 11.5 Å². The molecule has 3 aromatic rings. The molecule has 1 aromatic carbocycles. The van der Waals surface area contributed by atoms with Crippen molar-refractivity contribution >= 4 is 41.1 Å². The quantitative estimate of drug-likeness (QED) is 0.420. The lowest BCUT2D eigenvalue weighted by Gasteiger charge is -2.15. The first-order valence-corrected chi connectivity index (χ1v) is 11.7. The predicted octanol–water partition coefficient (Wildman–Crippen LogP) is 4.14. The summed E-state index contributed by atoms with van der Waals surface area (Å²) in [7, 11) is 2.53. The van der Waals surface area contributed by atoms with Crippen molar-refractivity contribution in [2.24, 2.45) is 18.9 Å². The number of carbonyl (C=O) groups is 3. The molecule has 2 aromatic heterocycles. The number of aromatic nitrogens is 4. The van der Waals surface area contributed by atoms with E-state index in [0.717, 1.165) is 7.11 Å². The van der Waals surface area contributed by atoms with Gasteiger partial charge in [-0.3, -0.25) is 14.9 Å². The standard InChI is InChI=1S/C24H23ClF2N6O5/c1-11-15(29-21(34)17-18(22(35)37-4)24(17,26)27)9-10-16(28-11)19-20(33(3)32-31-19)30-23(36)38-12(2)13-7-5-6-8-14(13)25/h5-10,12,17-18H,1-4H3,(H,29,34)(H,30,36)/t12-,17?,18?/m1/s1. The van der Waals surface area contributed by atoms with Crippen LogP contribution in [0.5, 0.6) is 0 Å². The van der Waals surface area contributed by atoms with Crippen molar-refractivity contribution < 1.29 is 32.6 Å². The third kappa shape index (κ3) is 5.14. The maximum absolute atomic E-state index is 13.9. The molecule has 38 heavy (non-hydrogen) atoms. The normalized spacial score (nSPS) is 18.3. The number of esters is 1. The van der Waals surface area contributed by atoms with Crippen LogP contribution in [-0.4, -0.2) is 51.0 Å². The van der Waals surface area contributed by atoms with Crippen LogP contribution in [-0.2, 0) is 26.1 Å². The molecular weight excluding hydrogens is 526 g/mol. The zero-order chi connectivity index (χ0) is 27.8. The predicted molar refractivity (Wildman–Crippen MR) is 132 cm³/mol. The Bertz CT molecular complexity index is 1410. The first kappa shape index (κ1) is 26.9. The van der Waals surface area contributed by atoms with Gasteiger partial charge in [-0.1, -0.05) is 35.0 Å². The molecule has 1 aliphatic rings. The summed E-state index contributed by atoms with van der Waals surface area (Å²) in [4.78, 5) is 40.9. The summed E-state index contributed by atoms with van der Waals surface area (Å²) in [5.41, 5.74) is 1.56. The first-order chi connectivity index (χ1) is 17.9. The molecule has 0 radical (unpaired) electrons.